The highest BCUT2D eigenvalue weighted by atomic mass is 35.5. The first-order valence-electron chi connectivity index (χ1n) is 6.68. The van der Waals surface area contributed by atoms with E-state index in [1.165, 1.54) is 0 Å². The van der Waals surface area contributed by atoms with Crippen molar-refractivity contribution in [2.75, 3.05) is 32.0 Å². The number of aryl methyl sites for hydroxylation is 1. The maximum Gasteiger partial charge on any atom is 0.229 e. The van der Waals surface area contributed by atoms with E-state index in [1.54, 1.807) is 6.07 Å². The molecule has 0 bridgehead atoms. The third-order valence-corrected chi connectivity index (χ3v) is 3.26. The number of halogens is 1. The van der Waals surface area contributed by atoms with Crippen LogP contribution in [0.1, 0.15) is 5.56 Å². The molecule has 0 aromatic heterocycles. The third kappa shape index (κ3) is 7.57. The van der Waals surface area contributed by atoms with Gasteiger partial charge >= 0.3 is 0 Å². The van der Waals surface area contributed by atoms with Crippen molar-refractivity contribution in [1.82, 2.24) is 10.6 Å². The molecule has 1 atom stereocenters. The molecule has 3 N–H and O–H groups in total. The number of carbonyl (C=O) groups is 1. The average Bonchev–Trinajstić information content (AvgIpc) is 2.47. The minimum atomic E-state index is -0.651. The molecule has 1 aromatic carbocycles. The predicted octanol–water partition coefficient (Wildman–Crippen LogP) is 1.02. The molecule has 1 aromatic rings. The minimum absolute atomic E-state index is 0.113. The number of carbonyl (C=O) groups excluding carboxylic acids is 1. The van der Waals surface area contributed by atoms with Crippen LogP contribution in [-0.2, 0) is 4.79 Å². The lowest BCUT2D eigenvalue weighted by molar-refractivity contribution is -0.118. The molecule has 0 saturated heterocycles. The van der Waals surface area contributed by atoms with Gasteiger partial charge in [-0.05, 0) is 24.6 Å². The van der Waals surface area contributed by atoms with Crippen molar-refractivity contribution in [2.24, 2.45) is 0 Å². The number of rotatable bonds is 9. The molecular weight excluding hydrogens is 312 g/mol. The van der Waals surface area contributed by atoms with Crippen LogP contribution >= 0.6 is 24.2 Å². The first kappa shape index (κ1) is 18.1. The Morgan fingerprint density at radius 1 is 1.48 bits per heavy atom. The van der Waals surface area contributed by atoms with Crippen molar-refractivity contribution in [3.05, 3.63) is 28.8 Å². The smallest absolute Gasteiger partial charge is 0.229 e. The van der Waals surface area contributed by atoms with E-state index in [-0.39, 0.29) is 18.3 Å². The first-order valence-corrected chi connectivity index (χ1v) is 7.69. The van der Waals surface area contributed by atoms with E-state index in [0.29, 0.717) is 30.4 Å². The fourth-order valence-electron chi connectivity index (χ4n) is 1.58. The molecule has 118 valence electrons. The summed E-state index contributed by atoms with van der Waals surface area (Å²) in [5, 5.41) is 16.0. The number of aliphatic hydroxyl groups is 1. The summed E-state index contributed by atoms with van der Waals surface area (Å²) < 4.78 is 5.49. The number of hydrogen-bond donors (Lipinski definition) is 4. The molecule has 0 aliphatic heterocycles. The Bertz CT molecular complexity index is 460. The summed E-state index contributed by atoms with van der Waals surface area (Å²) in [6.07, 6.45) is -0.651. The summed E-state index contributed by atoms with van der Waals surface area (Å²) in [6.45, 7) is 3.54. The van der Waals surface area contributed by atoms with Gasteiger partial charge in [-0.3, -0.25) is 4.79 Å². The summed E-state index contributed by atoms with van der Waals surface area (Å²) in [5.74, 6) is 0.628. The molecule has 0 radical (unpaired) electrons. The van der Waals surface area contributed by atoms with Crippen LogP contribution in [0.15, 0.2) is 18.2 Å². The molecule has 1 unspecified atom stereocenters. The zero-order valence-corrected chi connectivity index (χ0v) is 13.6. The van der Waals surface area contributed by atoms with Crippen LogP contribution in [0.2, 0.25) is 5.02 Å². The summed E-state index contributed by atoms with van der Waals surface area (Å²) in [7, 11) is 0. The van der Waals surface area contributed by atoms with Gasteiger partial charge in [0.15, 0.2) is 0 Å². The molecule has 0 spiro atoms. The van der Waals surface area contributed by atoms with Crippen LogP contribution in [-0.4, -0.2) is 49.1 Å². The highest BCUT2D eigenvalue weighted by molar-refractivity contribution is 7.81. The van der Waals surface area contributed by atoms with Crippen molar-refractivity contribution in [3.63, 3.8) is 0 Å². The highest BCUT2D eigenvalue weighted by Crippen LogP contribution is 2.25. The van der Waals surface area contributed by atoms with Crippen molar-refractivity contribution < 1.29 is 14.6 Å². The number of aliphatic hydroxyl groups excluding tert-OH is 1. The average molecular weight is 333 g/mol. The molecule has 7 heteroatoms. The third-order valence-electron chi connectivity index (χ3n) is 2.67. The Morgan fingerprint density at radius 2 is 2.24 bits per heavy atom. The summed E-state index contributed by atoms with van der Waals surface area (Å²) in [5.41, 5.74) is 1.04. The van der Waals surface area contributed by atoms with Crippen LogP contribution in [0.3, 0.4) is 0 Å². The molecule has 0 fully saturated rings. The summed E-state index contributed by atoms with van der Waals surface area (Å²) in [4.78, 5) is 10.9. The molecule has 0 aliphatic rings. The van der Waals surface area contributed by atoms with Gasteiger partial charge in [-0.1, -0.05) is 17.7 Å². The minimum Gasteiger partial charge on any atom is -0.489 e. The summed E-state index contributed by atoms with van der Waals surface area (Å²) in [6, 6.07) is 5.49. The lowest BCUT2D eigenvalue weighted by Gasteiger charge is -2.14. The normalized spacial score (nSPS) is 12.0. The Hall–Kier alpha value is -0.950. The second-order valence-electron chi connectivity index (χ2n) is 4.61. The molecule has 0 heterocycles. The Balaban J connectivity index is 2.18. The molecule has 0 saturated carbocycles. The van der Waals surface area contributed by atoms with Gasteiger partial charge in [0.05, 0.1) is 10.8 Å². The SMILES string of the molecule is Cc1ccc(Cl)c(OCC(O)CNCCNC(=O)CS)c1. The second kappa shape index (κ2) is 9.89. The molecule has 0 aliphatic carbocycles. The van der Waals surface area contributed by atoms with E-state index in [1.807, 2.05) is 19.1 Å². The Labute approximate surface area is 135 Å². The molecule has 1 rings (SSSR count). The number of thiol groups is 1. The highest BCUT2D eigenvalue weighted by Gasteiger charge is 2.07. The van der Waals surface area contributed by atoms with Gasteiger partial charge in [0, 0.05) is 19.6 Å². The molecule has 21 heavy (non-hydrogen) atoms. The van der Waals surface area contributed by atoms with E-state index in [9.17, 15) is 9.90 Å². The van der Waals surface area contributed by atoms with Gasteiger partial charge in [-0.2, -0.15) is 12.6 Å². The second-order valence-corrected chi connectivity index (χ2v) is 5.33. The quantitative estimate of drug-likeness (QED) is 0.402. The summed E-state index contributed by atoms with van der Waals surface area (Å²) >= 11 is 9.85. The number of ether oxygens (including phenoxy) is 1. The topological polar surface area (TPSA) is 70.6 Å². The van der Waals surface area contributed by atoms with Crippen LogP contribution in [0.25, 0.3) is 0 Å². The lowest BCUT2D eigenvalue weighted by Crippen LogP contribution is -2.37. The fourth-order valence-corrected chi connectivity index (χ4v) is 1.86. The largest absolute Gasteiger partial charge is 0.489 e. The van der Waals surface area contributed by atoms with Gasteiger partial charge in [0.25, 0.3) is 0 Å². The van der Waals surface area contributed by atoms with Gasteiger partial charge < -0.3 is 20.5 Å². The van der Waals surface area contributed by atoms with E-state index in [2.05, 4.69) is 23.3 Å². The van der Waals surface area contributed by atoms with Crippen LogP contribution in [0.4, 0.5) is 0 Å². The van der Waals surface area contributed by atoms with Crippen molar-refractivity contribution in [1.29, 1.82) is 0 Å². The molecular formula is C14H21ClN2O3S. The van der Waals surface area contributed by atoms with Gasteiger partial charge in [-0.25, -0.2) is 0 Å². The van der Waals surface area contributed by atoms with Crippen LogP contribution in [0, 0.1) is 6.92 Å². The van der Waals surface area contributed by atoms with Crippen molar-refractivity contribution >= 4 is 30.1 Å². The predicted molar refractivity (Wildman–Crippen MR) is 87.4 cm³/mol. The lowest BCUT2D eigenvalue weighted by atomic mass is 10.2. The maximum absolute atomic E-state index is 10.9. The van der Waals surface area contributed by atoms with Crippen LogP contribution < -0.4 is 15.4 Å². The standard InChI is InChI=1S/C14H21ClN2O3S/c1-10-2-3-12(15)13(6-10)20-8-11(18)7-16-4-5-17-14(19)9-21/h2-3,6,11,16,18,21H,4-5,7-9H2,1H3,(H,17,19). The van der Waals surface area contributed by atoms with E-state index in [4.69, 9.17) is 16.3 Å². The zero-order chi connectivity index (χ0) is 15.7. The Morgan fingerprint density at radius 3 is 2.95 bits per heavy atom. The zero-order valence-electron chi connectivity index (χ0n) is 11.9. The van der Waals surface area contributed by atoms with E-state index < -0.39 is 6.10 Å². The number of nitrogens with one attached hydrogen (secondary N) is 2. The monoisotopic (exact) mass is 332 g/mol. The Kier molecular flexibility index (Phi) is 8.52. The van der Waals surface area contributed by atoms with Gasteiger partial charge in [-0.15, -0.1) is 0 Å². The number of amides is 1. The number of hydrogen-bond acceptors (Lipinski definition) is 5. The van der Waals surface area contributed by atoms with E-state index >= 15 is 0 Å². The van der Waals surface area contributed by atoms with E-state index in [0.717, 1.165) is 5.56 Å². The fraction of sp³-hybridized carbons (Fsp3) is 0.500. The molecule has 1 amide bonds. The molecule has 5 nitrogen and oxygen atoms in total. The van der Waals surface area contributed by atoms with Crippen molar-refractivity contribution in [2.45, 2.75) is 13.0 Å². The maximum atomic E-state index is 10.9. The van der Waals surface area contributed by atoms with Gasteiger partial charge in [0.2, 0.25) is 5.91 Å². The van der Waals surface area contributed by atoms with Crippen LogP contribution in [0.5, 0.6) is 5.75 Å². The number of benzene rings is 1. The van der Waals surface area contributed by atoms with Crippen molar-refractivity contribution in [3.8, 4) is 5.75 Å². The first-order chi connectivity index (χ1) is 10.0. The van der Waals surface area contributed by atoms with Gasteiger partial charge in [0.1, 0.15) is 18.5 Å².